The fraction of sp³-hybridized carbons (Fsp3) is 0.500. The summed E-state index contributed by atoms with van der Waals surface area (Å²) < 4.78 is 9.14. The summed E-state index contributed by atoms with van der Waals surface area (Å²) in [6.07, 6.45) is 0.368. The fourth-order valence-electron chi connectivity index (χ4n) is 0.880. The van der Waals surface area contributed by atoms with Crippen molar-refractivity contribution in [1.82, 2.24) is 10.2 Å². The average molecular weight is 244 g/mol. The molecule has 1 saturated heterocycles. The van der Waals surface area contributed by atoms with Crippen LogP contribution in [0.5, 0.6) is 0 Å². The van der Waals surface area contributed by atoms with Crippen LogP contribution in [0.4, 0.5) is 4.79 Å². The number of allylic oxidation sites excluding steroid dienone is 1. The second-order valence-electron chi connectivity index (χ2n) is 2.93. The third-order valence-electron chi connectivity index (χ3n) is 1.92. The minimum Gasteiger partial charge on any atom is -0.491 e. The van der Waals surface area contributed by atoms with Crippen molar-refractivity contribution in [1.29, 1.82) is 0 Å². The van der Waals surface area contributed by atoms with Gasteiger partial charge in [-0.1, -0.05) is 0 Å². The Labute approximate surface area is 99.4 Å². The van der Waals surface area contributed by atoms with Crippen molar-refractivity contribution in [3.05, 3.63) is 11.5 Å². The number of imide groups is 1. The lowest BCUT2D eigenvalue weighted by atomic mass is 10.3. The average Bonchev–Trinajstić information content (AvgIpc) is 2.60. The molecular formula is C10H16N2O5. The van der Waals surface area contributed by atoms with Crippen LogP contribution in [0.25, 0.3) is 0 Å². The van der Waals surface area contributed by atoms with E-state index in [0.29, 0.717) is 6.29 Å². The maximum absolute atomic E-state index is 11.2. The van der Waals surface area contributed by atoms with E-state index in [1.807, 2.05) is 6.92 Å². The molecule has 1 fully saturated rings. The Morgan fingerprint density at radius 3 is 2.18 bits per heavy atom. The molecule has 0 aliphatic carbocycles. The largest absolute Gasteiger partial charge is 0.491 e. The zero-order valence-corrected chi connectivity index (χ0v) is 10.3. The van der Waals surface area contributed by atoms with Gasteiger partial charge in [0, 0.05) is 20.8 Å². The highest BCUT2D eigenvalue weighted by molar-refractivity contribution is 6.13. The van der Waals surface area contributed by atoms with Gasteiger partial charge in [-0.15, -0.1) is 0 Å². The Balaban J connectivity index is 0.000000557. The Morgan fingerprint density at radius 1 is 1.41 bits per heavy atom. The third kappa shape index (κ3) is 3.87. The van der Waals surface area contributed by atoms with Gasteiger partial charge in [0.25, 0.3) is 5.91 Å². The molecule has 0 bridgehead atoms. The monoisotopic (exact) mass is 244 g/mol. The number of amides is 3. The molecule has 0 aromatic heterocycles. The van der Waals surface area contributed by atoms with Gasteiger partial charge >= 0.3 is 6.03 Å². The Hall–Kier alpha value is -1.89. The number of nitrogens with zero attached hydrogens (tertiary/aromatic N) is 1. The molecule has 17 heavy (non-hydrogen) atoms. The predicted octanol–water partition coefficient (Wildman–Crippen LogP) is -0.122. The molecule has 7 nitrogen and oxygen atoms in total. The molecule has 0 unspecified atom stereocenters. The van der Waals surface area contributed by atoms with Crippen molar-refractivity contribution in [3.63, 3.8) is 0 Å². The third-order valence-corrected chi connectivity index (χ3v) is 1.92. The van der Waals surface area contributed by atoms with E-state index in [-0.39, 0.29) is 11.5 Å². The zero-order chi connectivity index (χ0) is 13.4. The van der Waals surface area contributed by atoms with Crippen LogP contribution < -0.4 is 5.32 Å². The normalized spacial score (nSPS) is 17.1. The number of carbonyl (C=O) groups is 3. The van der Waals surface area contributed by atoms with Crippen LogP contribution in [-0.4, -0.2) is 51.0 Å². The highest BCUT2D eigenvalue weighted by atomic mass is 16.5. The SMILES string of the molecule is CCOC.CO/C(C=O)=C1/NC(=O)N(C)C1=O. The number of rotatable bonds is 3. The van der Waals surface area contributed by atoms with E-state index in [4.69, 9.17) is 0 Å². The molecule has 3 amide bonds. The van der Waals surface area contributed by atoms with Crippen molar-refractivity contribution in [3.8, 4) is 0 Å². The summed E-state index contributed by atoms with van der Waals surface area (Å²) in [5, 5.41) is 2.22. The molecule has 1 N–H and O–H groups in total. The lowest BCUT2D eigenvalue weighted by molar-refractivity contribution is -0.122. The second kappa shape index (κ2) is 7.39. The zero-order valence-electron chi connectivity index (χ0n) is 10.3. The number of likely N-dealkylation sites (N-methyl/N-ethyl adjacent to an activating group) is 1. The number of methoxy groups -OCH3 is 2. The predicted molar refractivity (Wildman–Crippen MR) is 59.0 cm³/mol. The minimum atomic E-state index is -0.575. The number of nitrogens with one attached hydrogen (secondary N) is 1. The molecule has 1 aliphatic heterocycles. The van der Waals surface area contributed by atoms with Crippen molar-refractivity contribution >= 4 is 18.2 Å². The summed E-state index contributed by atoms with van der Waals surface area (Å²) in [6, 6.07) is -0.573. The number of aldehydes is 1. The van der Waals surface area contributed by atoms with Gasteiger partial charge < -0.3 is 9.47 Å². The molecule has 1 heterocycles. The summed E-state index contributed by atoms with van der Waals surface area (Å²) in [4.78, 5) is 33.4. The Bertz CT molecular complexity index is 336. The van der Waals surface area contributed by atoms with Crippen molar-refractivity contribution in [2.24, 2.45) is 0 Å². The quantitative estimate of drug-likeness (QED) is 0.324. The molecule has 7 heteroatoms. The Kier molecular flexibility index (Phi) is 6.57. The van der Waals surface area contributed by atoms with Gasteiger partial charge in [0.1, 0.15) is 0 Å². The first-order valence-electron chi connectivity index (χ1n) is 4.84. The van der Waals surface area contributed by atoms with Crippen LogP contribution in [0.15, 0.2) is 11.5 Å². The minimum absolute atomic E-state index is 0.120. The number of hydrogen-bond donors (Lipinski definition) is 1. The molecule has 1 rings (SSSR count). The molecule has 0 atom stereocenters. The highest BCUT2D eigenvalue weighted by Gasteiger charge is 2.33. The first-order chi connectivity index (χ1) is 8.03. The lowest BCUT2D eigenvalue weighted by Gasteiger charge is -2.01. The van der Waals surface area contributed by atoms with E-state index in [2.05, 4.69) is 14.8 Å². The topological polar surface area (TPSA) is 84.9 Å². The van der Waals surface area contributed by atoms with Crippen LogP contribution in [0, 0.1) is 0 Å². The molecule has 0 radical (unpaired) electrons. The molecule has 0 aromatic carbocycles. The van der Waals surface area contributed by atoms with E-state index in [0.717, 1.165) is 11.5 Å². The molecule has 0 aromatic rings. The van der Waals surface area contributed by atoms with Gasteiger partial charge in [-0.3, -0.25) is 19.8 Å². The van der Waals surface area contributed by atoms with Crippen molar-refractivity contribution < 1.29 is 23.9 Å². The lowest BCUT2D eigenvalue weighted by Crippen LogP contribution is -2.25. The number of hydrogen-bond acceptors (Lipinski definition) is 5. The molecular weight excluding hydrogens is 228 g/mol. The molecule has 0 saturated carbocycles. The van der Waals surface area contributed by atoms with Crippen molar-refractivity contribution in [2.45, 2.75) is 6.92 Å². The number of ether oxygens (including phenoxy) is 2. The number of carbonyl (C=O) groups excluding carboxylic acids is 3. The fourth-order valence-corrected chi connectivity index (χ4v) is 0.880. The van der Waals surface area contributed by atoms with Crippen molar-refractivity contribution in [2.75, 3.05) is 27.9 Å². The van der Waals surface area contributed by atoms with Gasteiger partial charge in [-0.2, -0.15) is 0 Å². The van der Waals surface area contributed by atoms with Crippen LogP contribution in [0.1, 0.15) is 6.92 Å². The van der Waals surface area contributed by atoms with Gasteiger partial charge in [0.05, 0.1) is 7.11 Å². The molecule has 1 aliphatic rings. The Morgan fingerprint density at radius 2 is 1.94 bits per heavy atom. The van der Waals surface area contributed by atoms with Gasteiger partial charge in [0.15, 0.2) is 17.7 Å². The maximum atomic E-state index is 11.2. The van der Waals surface area contributed by atoms with E-state index in [9.17, 15) is 14.4 Å². The second-order valence-corrected chi connectivity index (χ2v) is 2.93. The van der Waals surface area contributed by atoms with Crippen LogP contribution >= 0.6 is 0 Å². The summed E-state index contributed by atoms with van der Waals surface area (Å²) in [5.41, 5.74) is -0.120. The van der Waals surface area contributed by atoms with E-state index in [1.165, 1.54) is 14.2 Å². The maximum Gasteiger partial charge on any atom is 0.328 e. The first kappa shape index (κ1) is 15.1. The molecule has 0 spiro atoms. The van der Waals surface area contributed by atoms with E-state index < -0.39 is 11.9 Å². The summed E-state index contributed by atoms with van der Waals surface area (Å²) in [7, 11) is 4.23. The van der Waals surface area contributed by atoms with Crippen LogP contribution in [-0.2, 0) is 19.1 Å². The van der Waals surface area contributed by atoms with Gasteiger partial charge in [0.2, 0.25) is 0 Å². The van der Waals surface area contributed by atoms with Crippen LogP contribution in [0.2, 0.25) is 0 Å². The summed E-state index contributed by atoms with van der Waals surface area (Å²) in [6.45, 7) is 2.78. The summed E-state index contributed by atoms with van der Waals surface area (Å²) >= 11 is 0. The molecule has 96 valence electrons. The van der Waals surface area contributed by atoms with E-state index >= 15 is 0 Å². The standard InChI is InChI=1S/C7H8N2O4.C3H8O/c1-9-6(11)5(8-7(9)12)4(3-10)13-2;1-3-4-2/h3H,1-2H3,(H,8,12);3H2,1-2H3/b5-4+;. The first-order valence-corrected chi connectivity index (χ1v) is 4.84. The highest BCUT2D eigenvalue weighted by Crippen LogP contribution is 2.10. The van der Waals surface area contributed by atoms with Crippen LogP contribution in [0.3, 0.4) is 0 Å². The summed E-state index contributed by atoms with van der Waals surface area (Å²) in [5.74, 6) is -0.753. The smallest absolute Gasteiger partial charge is 0.328 e. The van der Waals surface area contributed by atoms with Gasteiger partial charge in [-0.05, 0) is 6.92 Å². The van der Waals surface area contributed by atoms with E-state index in [1.54, 1.807) is 7.11 Å². The number of urea groups is 1. The van der Waals surface area contributed by atoms with Gasteiger partial charge in [-0.25, -0.2) is 4.79 Å².